The molecule has 2 aliphatic rings. The lowest BCUT2D eigenvalue weighted by atomic mass is 9.99. The van der Waals surface area contributed by atoms with Crippen LogP contribution >= 0.6 is 0 Å². The summed E-state index contributed by atoms with van der Waals surface area (Å²) < 4.78 is 35.4. The molecule has 4 rings (SSSR count). The molecule has 7 heteroatoms. The van der Waals surface area contributed by atoms with Gasteiger partial charge in [0.05, 0.1) is 33.9 Å². The third-order valence-corrected chi connectivity index (χ3v) is 6.01. The minimum absolute atomic E-state index is 0.0468. The Morgan fingerprint density at radius 1 is 1.12 bits per heavy atom. The molecule has 6 nitrogen and oxygen atoms in total. The van der Waals surface area contributed by atoms with E-state index in [0.29, 0.717) is 37.6 Å². The second-order valence-electron chi connectivity index (χ2n) is 8.04. The third-order valence-electron chi connectivity index (χ3n) is 6.01. The number of hydrogen-bond donors (Lipinski definition) is 1. The Hall–Kier alpha value is -3.16. The fourth-order valence-corrected chi connectivity index (χ4v) is 4.32. The summed E-state index contributed by atoms with van der Waals surface area (Å²) in [5.41, 5.74) is 5.28. The number of fused-ring (bicyclic) bond motifs is 1. The number of phenolic OH excluding ortho intramolecular Hbond substituents is 1. The maximum atomic E-state index is 14.1. The number of aromatic hydroxyl groups is 1. The fourth-order valence-electron chi connectivity index (χ4n) is 4.32. The first-order valence-electron chi connectivity index (χ1n) is 10.8. The maximum Gasteiger partial charge on any atom is 0.200 e. The van der Waals surface area contributed by atoms with E-state index in [1.165, 1.54) is 26.4 Å². The molecule has 2 aromatic rings. The normalized spacial score (nSPS) is 17.0. The Bertz CT molecular complexity index is 1100. The summed E-state index contributed by atoms with van der Waals surface area (Å²) in [7, 11) is 2.95. The Kier molecular flexibility index (Phi) is 6.81. The van der Waals surface area contributed by atoms with E-state index in [-0.39, 0.29) is 23.8 Å². The molecule has 0 bridgehead atoms. The SMILES string of the molecule is COc1cc(/C=C2/C(C)=C(CCC(=O)CC3OCCO3)c3cc(F)ccc32)cc(OC)c1O. The molecule has 0 spiro atoms. The van der Waals surface area contributed by atoms with E-state index in [2.05, 4.69) is 0 Å². The Balaban J connectivity index is 1.66. The van der Waals surface area contributed by atoms with Crippen LogP contribution in [-0.4, -0.2) is 44.6 Å². The molecule has 1 fully saturated rings. The molecule has 0 aromatic heterocycles. The average Bonchev–Trinajstić information content (AvgIpc) is 3.39. The van der Waals surface area contributed by atoms with Crippen molar-refractivity contribution in [3.8, 4) is 17.2 Å². The molecule has 0 unspecified atom stereocenters. The molecule has 0 radical (unpaired) electrons. The van der Waals surface area contributed by atoms with Gasteiger partial charge >= 0.3 is 0 Å². The van der Waals surface area contributed by atoms with Gasteiger partial charge in [0, 0.05) is 6.42 Å². The Labute approximate surface area is 192 Å². The van der Waals surface area contributed by atoms with Crippen LogP contribution in [0.1, 0.15) is 42.9 Å². The van der Waals surface area contributed by atoms with Gasteiger partial charge in [-0.3, -0.25) is 4.79 Å². The van der Waals surface area contributed by atoms with Crippen LogP contribution in [0.15, 0.2) is 35.9 Å². The van der Waals surface area contributed by atoms with E-state index in [1.807, 2.05) is 13.0 Å². The quantitative estimate of drug-likeness (QED) is 0.606. The molecule has 0 saturated carbocycles. The number of benzene rings is 2. The number of allylic oxidation sites excluding steroid dienone is 3. The summed E-state index contributed by atoms with van der Waals surface area (Å²) in [6.07, 6.45) is 2.52. The van der Waals surface area contributed by atoms with Crippen LogP contribution in [0, 0.1) is 5.82 Å². The second kappa shape index (κ2) is 9.77. The fraction of sp³-hybridized carbons (Fsp3) is 0.346. The average molecular weight is 454 g/mol. The van der Waals surface area contributed by atoms with Crippen molar-refractivity contribution in [2.24, 2.45) is 0 Å². The molecule has 174 valence electrons. The largest absolute Gasteiger partial charge is 0.502 e. The number of methoxy groups -OCH3 is 2. The molecule has 0 amide bonds. The van der Waals surface area contributed by atoms with Crippen molar-refractivity contribution in [3.63, 3.8) is 0 Å². The van der Waals surface area contributed by atoms with E-state index in [1.54, 1.807) is 18.2 Å². The number of ether oxygens (including phenoxy) is 4. The van der Waals surface area contributed by atoms with Gasteiger partial charge in [-0.05, 0) is 77.1 Å². The number of halogens is 1. The second-order valence-corrected chi connectivity index (χ2v) is 8.04. The van der Waals surface area contributed by atoms with Crippen LogP contribution in [0.5, 0.6) is 17.2 Å². The highest BCUT2D eigenvalue weighted by Crippen LogP contribution is 2.45. The summed E-state index contributed by atoms with van der Waals surface area (Å²) in [5.74, 6) is 0.236. The number of phenols is 1. The van der Waals surface area contributed by atoms with Crippen molar-refractivity contribution >= 4 is 23.0 Å². The van der Waals surface area contributed by atoms with Crippen molar-refractivity contribution in [1.29, 1.82) is 0 Å². The molecule has 1 N–H and O–H groups in total. The van der Waals surface area contributed by atoms with Crippen LogP contribution in [0.3, 0.4) is 0 Å². The van der Waals surface area contributed by atoms with Gasteiger partial charge in [-0.15, -0.1) is 0 Å². The molecule has 1 heterocycles. The van der Waals surface area contributed by atoms with E-state index in [4.69, 9.17) is 18.9 Å². The summed E-state index contributed by atoms with van der Waals surface area (Å²) >= 11 is 0. The first kappa shape index (κ1) is 23.0. The van der Waals surface area contributed by atoms with Crippen LogP contribution in [-0.2, 0) is 14.3 Å². The zero-order chi connectivity index (χ0) is 23.5. The summed E-state index contributed by atoms with van der Waals surface area (Å²) in [6, 6.07) is 8.13. The van der Waals surface area contributed by atoms with Gasteiger partial charge in [0.1, 0.15) is 11.6 Å². The monoisotopic (exact) mass is 454 g/mol. The Morgan fingerprint density at radius 2 is 1.79 bits per heavy atom. The van der Waals surface area contributed by atoms with Gasteiger partial charge in [-0.1, -0.05) is 6.07 Å². The molecule has 2 aromatic carbocycles. The van der Waals surface area contributed by atoms with Crippen LogP contribution < -0.4 is 9.47 Å². The highest BCUT2D eigenvalue weighted by molar-refractivity contribution is 6.05. The van der Waals surface area contributed by atoms with Gasteiger partial charge < -0.3 is 24.1 Å². The van der Waals surface area contributed by atoms with E-state index in [9.17, 15) is 14.3 Å². The molecule has 1 aliphatic carbocycles. The lowest BCUT2D eigenvalue weighted by Crippen LogP contribution is -2.14. The molecular weight excluding hydrogens is 427 g/mol. The maximum absolute atomic E-state index is 14.1. The highest BCUT2D eigenvalue weighted by Gasteiger charge is 2.26. The van der Waals surface area contributed by atoms with Crippen molar-refractivity contribution in [3.05, 3.63) is 58.4 Å². The topological polar surface area (TPSA) is 74.2 Å². The standard InChI is InChI=1S/C26H27FO6/c1-15-19(7-5-18(28)14-25-32-8-9-33-25)22-13-17(27)4-6-20(22)21(15)10-16-11-23(30-2)26(29)24(12-16)31-3/h4,6,10-13,25,29H,5,7-9,14H2,1-3H3/b21-10-. The van der Waals surface area contributed by atoms with Crippen LogP contribution in [0.4, 0.5) is 4.39 Å². The highest BCUT2D eigenvalue weighted by atomic mass is 19.1. The lowest BCUT2D eigenvalue weighted by Gasteiger charge is -2.11. The van der Waals surface area contributed by atoms with Gasteiger partial charge in [0.15, 0.2) is 17.8 Å². The first-order valence-corrected chi connectivity index (χ1v) is 10.8. The zero-order valence-corrected chi connectivity index (χ0v) is 18.9. The smallest absolute Gasteiger partial charge is 0.200 e. The van der Waals surface area contributed by atoms with Gasteiger partial charge in [0.25, 0.3) is 0 Å². The number of ketones is 1. The minimum atomic E-state index is -0.462. The molecule has 1 saturated heterocycles. The predicted octanol–water partition coefficient (Wildman–Crippen LogP) is 4.99. The van der Waals surface area contributed by atoms with Crippen molar-refractivity contribution < 1.29 is 33.2 Å². The van der Waals surface area contributed by atoms with Gasteiger partial charge in [0.2, 0.25) is 5.75 Å². The number of hydrogen-bond acceptors (Lipinski definition) is 6. The number of Topliss-reactive ketones (excluding diaryl/α,β-unsaturated/α-hetero) is 1. The summed E-state index contributed by atoms with van der Waals surface area (Å²) in [6.45, 7) is 2.99. The predicted molar refractivity (Wildman–Crippen MR) is 123 cm³/mol. The Morgan fingerprint density at radius 3 is 2.42 bits per heavy atom. The molecule has 0 atom stereocenters. The van der Waals surface area contributed by atoms with Crippen LogP contribution in [0.25, 0.3) is 17.2 Å². The van der Waals surface area contributed by atoms with Crippen molar-refractivity contribution in [1.82, 2.24) is 0 Å². The van der Waals surface area contributed by atoms with Gasteiger partial charge in [-0.2, -0.15) is 0 Å². The third kappa shape index (κ3) is 4.79. The van der Waals surface area contributed by atoms with E-state index in [0.717, 1.165) is 33.4 Å². The number of rotatable bonds is 8. The van der Waals surface area contributed by atoms with E-state index >= 15 is 0 Å². The molecule has 1 aliphatic heterocycles. The first-order chi connectivity index (χ1) is 15.9. The number of carbonyl (C=O) groups is 1. The lowest BCUT2D eigenvalue weighted by molar-refractivity contribution is -0.127. The van der Waals surface area contributed by atoms with Gasteiger partial charge in [-0.25, -0.2) is 4.39 Å². The number of carbonyl (C=O) groups excluding carboxylic acids is 1. The summed E-state index contributed by atoms with van der Waals surface area (Å²) in [5, 5.41) is 10.2. The molecule has 33 heavy (non-hydrogen) atoms. The van der Waals surface area contributed by atoms with Crippen molar-refractivity contribution in [2.75, 3.05) is 27.4 Å². The van der Waals surface area contributed by atoms with Crippen LogP contribution in [0.2, 0.25) is 0 Å². The minimum Gasteiger partial charge on any atom is -0.502 e. The van der Waals surface area contributed by atoms with Crippen molar-refractivity contribution in [2.45, 2.75) is 32.5 Å². The zero-order valence-electron chi connectivity index (χ0n) is 18.9. The summed E-state index contributed by atoms with van der Waals surface area (Å²) in [4.78, 5) is 12.5. The molecular formula is C26H27FO6. The van der Waals surface area contributed by atoms with E-state index < -0.39 is 6.29 Å².